The van der Waals surface area contributed by atoms with Gasteiger partial charge in [0.25, 0.3) is 0 Å². The van der Waals surface area contributed by atoms with E-state index in [1.165, 1.54) is 41.7 Å². The van der Waals surface area contributed by atoms with E-state index < -0.39 is 11.5 Å². The van der Waals surface area contributed by atoms with E-state index >= 15 is 0 Å². The topological polar surface area (TPSA) is 69.6 Å². The first kappa shape index (κ1) is 24.3. The summed E-state index contributed by atoms with van der Waals surface area (Å²) in [6, 6.07) is 6.39. The minimum Gasteiger partial charge on any atom is -0.481 e. The van der Waals surface area contributed by atoms with Crippen LogP contribution in [0.1, 0.15) is 83.4 Å². The summed E-state index contributed by atoms with van der Waals surface area (Å²) >= 11 is 0. The number of urea groups is 1. The first-order valence-electron chi connectivity index (χ1n) is 12.0. The van der Waals surface area contributed by atoms with Crippen LogP contribution in [-0.4, -0.2) is 28.6 Å². The Kier molecular flexibility index (Phi) is 7.06. The Morgan fingerprint density at radius 3 is 2.44 bits per heavy atom. The Labute approximate surface area is 193 Å². The molecule has 5 nitrogen and oxygen atoms in total. The number of nitrogens with zero attached hydrogens (tertiary/aromatic N) is 1. The predicted octanol–water partition coefficient (Wildman–Crippen LogP) is 6.01. The molecule has 3 rings (SSSR count). The average Bonchev–Trinajstić information content (AvgIpc) is 2.69. The standard InChI is InChI=1S/C27H40N2O3/c1-18(2)23-17-29(14-11-24(30)31)25(32)28-27(23,6)22-8-7-21(19(3)15-22)16-20-9-12-26(4,5)13-10-20/h7-8,15,17-18,20H,9-14,16H2,1-6H3,(H,28,32)(H,30,31)/t27-/m0/s1. The molecule has 1 aromatic carbocycles. The van der Waals surface area contributed by atoms with Crippen molar-refractivity contribution in [3.63, 3.8) is 0 Å². The lowest BCUT2D eigenvalue weighted by molar-refractivity contribution is -0.137. The van der Waals surface area contributed by atoms with E-state index in [4.69, 9.17) is 5.11 Å². The number of hydrogen-bond acceptors (Lipinski definition) is 2. The molecular formula is C27H40N2O3. The second kappa shape index (κ2) is 9.29. The van der Waals surface area contributed by atoms with E-state index in [9.17, 15) is 9.59 Å². The van der Waals surface area contributed by atoms with Crippen molar-refractivity contribution in [2.24, 2.45) is 17.3 Å². The second-order valence-corrected chi connectivity index (χ2v) is 11.1. The first-order chi connectivity index (χ1) is 14.9. The van der Waals surface area contributed by atoms with Crippen molar-refractivity contribution >= 4 is 12.0 Å². The molecule has 1 atom stereocenters. The summed E-state index contributed by atoms with van der Waals surface area (Å²) in [5, 5.41) is 12.2. The first-order valence-corrected chi connectivity index (χ1v) is 12.0. The van der Waals surface area contributed by atoms with Gasteiger partial charge in [-0.25, -0.2) is 4.79 Å². The number of aliphatic carboxylic acids is 1. The third-order valence-corrected chi connectivity index (χ3v) is 7.57. The van der Waals surface area contributed by atoms with Crippen LogP contribution in [0.5, 0.6) is 0 Å². The molecule has 0 aromatic heterocycles. The van der Waals surface area contributed by atoms with Gasteiger partial charge in [0.1, 0.15) is 0 Å². The molecule has 2 N–H and O–H groups in total. The van der Waals surface area contributed by atoms with Gasteiger partial charge in [0.15, 0.2) is 0 Å². The molecular weight excluding hydrogens is 400 g/mol. The van der Waals surface area contributed by atoms with Gasteiger partial charge in [-0.2, -0.15) is 0 Å². The van der Waals surface area contributed by atoms with Crippen LogP contribution in [-0.2, 0) is 16.8 Å². The van der Waals surface area contributed by atoms with Crippen molar-refractivity contribution < 1.29 is 14.7 Å². The molecule has 176 valence electrons. The zero-order valence-corrected chi connectivity index (χ0v) is 20.6. The molecule has 32 heavy (non-hydrogen) atoms. The van der Waals surface area contributed by atoms with Crippen LogP contribution in [0, 0.1) is 24.2 Å². The van der Waals surface area contributed by atoms with Crippen LogP contribution in [0.3, 0.4) is 0 Å². The number of carboxylic acid groups (broad SMARTS) is 1. The lowest BCUT2D eigenvalue weighted by Crippen LogP contribution is -2.55. The summed E-state index contributed by atoms with van der Waals surface area (Å²) in [7, 11) is 0. The van der Waals surface area contributed by atoms with Crippen molar-refractivity contribution in [2.75, 3.05) is 6.54 Å². The average molecular weight is 441 g/mol. The van der Waals surface area contributed by atoms with Crippen molar-refractivity contribution in [1.29, 1.82) is 0 Å². The van der Waals surface area contributed by atoms with Crippen LogP contribution in [0.15, 0.2) is 30.0 Å². The van der Waals surface area contributed by atoms with Crippen LogP contribution in [0.4, 0.5) is 4.79 Å². The zero-order valence-electron chi connectivity index (χ0n) is 20.6. The van der Waals surface area contributed by atoms with Crippen LogP contribution >= 0.6 is 0 Å². The number of hydrogen-bond donors (Lipinski definition) is 2. The van der Waals surface area contributed by atoms with Gasteiger partial charge in [0.05, 0.1) is 12.0 Å². The molecule has 0 unspecified atom stereocenters. The maximum absolute atomic E-state index is 12.8. The van der Waals surface area contributed by atoms with Gasteiger partial charge < -0.3 is 15.3 Å². The summed E-state index contributed by atoms with van der Waals surface area (Å²) < 4.78 is 0. The van der Waals surface area contributed by atoms with Crippen LogP contribution < -0.4 is 5.32 Å². The number of carbonyl (C=O) groups excluding carboxylic acids is 1. The largest absolute Gasteiger partial charge is 0.481 e. The molecule has 0 radical (unpaired) electrons. The van der Waals surface area contributed by atoms with Gasteiger partial charge in [-0.05, 0) is 85.5 Å². The quantitative estimate of drug-likeness (QED) is 0.545. The molecule has 2 aliphatic rings. The van der Waals surface area contributed by atoms with E-state index in [1.807, 2.05) is 6.20 Å². The Hall–Kier alpha value is -2.30. The van der Waals surface area contributed by atoms with Gasteiger partial charge in [0.2, 0.25) is 0 Å². The Balaban J connectivity index is 1.82. The lowest BCUT2D eigenvalue weighted by atomic mass is 9.71. The van der Waals surface area contributed by atoms with E-state index in [0.29, 0.717) is 5.41 Å². The molecule has 1 fully saturated rings. The Morgan fingerprint density at radius 2 is 1.88 bits per heavy atom. The summed E-state index contributed by atoms with van der Waals surface area (Å²) in [5.41, 5.74) is 4.73. The Morgan fingerprint density at radius 1 is 1.22 bits per heavy atom. The highest BCUT2D eigenvalue weighted by Gasteiger charge is 2.39. The van der Waals surface area contributed by atoms with Crippen molar-refractivity contribution in [2.45, 2.75) is 85.6 Å². The summed E-state index contributed by atoms with van der Waals surface area (Å²) in [6.45, 7) is 13.4. The Bertz CT molecular complexity index is 892. The van der Waals surface area contributed by atoms with E-state index in [0.717, 1.165) is 23.5 Å². The molecule has 0 spiro atoms. The van der Waals surface area contributed by atoms with Gasteiger partial charge in [-0.15, -0.1) is 0 Å². The summed E-state index contributed by atoms with van der Waals surface area (Å²) in [4.78, 5) is 25.3. The van der Waals surface area contributed by atoms with Crippen LogP contribution in [0.2, 0.25) is 0 Å². The summed E-state index contributed by atoms with van der Waals surface area (Å²) in [6.07, 6.45) is 8.13. The van der Waals surface area contributed by atoms with E-state index in [1.54, 1.807) is 0 Å². The molecule has 1 aliphatic heterocycles. The molecule has 1 aliphatic carbocycles. The highest BCUT2D eigenvalue weighted by Crippen LogP contribution is 2.41. The third-order valence-electron chi connectivity index (χ3n) is 7.57. The van der Waals surface area contributed by atoms with Gasteiger partial charge >= 0.3 is 12.0 Å². The molecule has 5 heteroatoms. The fourth-order valence-electron chi connectivity index (χ4n) is 5.27. The van der Waals surface area contributed by atoms with E-state index in [2.05, 4.69) is 65.1 Å². The molecule has 1 aromatic rings. The number of amides is 2. The molecule has 1 saturated carbocycles. The minimum absolute atomic E-state index is 0.0713. The van der Waals surface area contributed by atoms with Crippen molar-refractivity contribution in [3.8, 4) is 0 Å². The van der Waals surface area contributed by atoms with Gasteiger partial charge in [0, 0.05) is 12.7 Å². The third kappa shape index (κ3) is 5.36. The molecule has 0 bridgehead atoms. The number of nitrogens with one attached hydrogen (secondary N) is 1. The van der Waals surface area contributed by atoms with Crippen molar-refractivity contribution in [1.82, 2.24) is 10.2 Å². The molecule has 1 heterocycles. The number of carbonyl (C=O) groups is 2. The van der Waals surface area contributed by atoms with Crippen LogP contribution in [0.25, 0.3) is 0 Å². The fourth-order valence-corrected chi connectivity index (χ4v) is 5.27. The second-order valence-electron chi connectivity index (χ2n) is 11.1. The maximum atomic E-state index is 12.8. The number of rotatable bonds is 7. The number of aryl methyl sites for hydroxylation is 1. The van der Waals surface area contributed by atoms with Gasteiger partial charge in [-0.3, -0.25) is 4.79 Å². The molecule has 2 amide bonds. The predicted molar refractivity (Wildman–Crippen MR) is 128 cm³/mol. The van der Waals surface area contributed by atoms with Gasteiger partial charge in [-0.1, -0.05) is 45.9 Å². The summed E-state index contributed by atoms with van der Waals surface area (Å²) in [5.74, 6) is 0.0586. The smallest absolute Gasteiger partial charge is 0.322 e. The minimum atomic E-state index is -0.904. The van der Waals surface area contributed by atoms with E-state index in [-0.39, 0.29) is 24.9 Å². The molecule has 0 saturated heterocycles. The highest BCUT2D eigenvalue weighted by atomic mass is 16.4. The SMILES string of the molecule is Cc1cc([C@]2(C)NC(=O)N(CCC(=O)O)C=C2C(C)C)ccc1CC1CCC(C)(C)CC1. The maximum Gasteiger partial charge on any atom is 0.322 e. The fraction of sp³-hybridized carbons (Fsp3) is 0.630. The highest BCUT2D eigenvalue weighted by molar-refractivity contribution is 5.80. The lowest BCUT2D eigenvalue weighted by Gasteiger charge is -2.42. The zero-order chi connectivity index (χ0) is 23.7. The normalized spacial score (nSPS) is 23.8. The number of carboxylic acids is 1. The monoisotopic (exact) mass is 440 g/mol. The number of benzene rings is 1. The van der Waals surface area contributed by atoms with Crippen molar-refractivity contribution in [3.05, 3.63) is 46.7 Å².